The van der Waals surface area contributed by atoms with E-state index in [0.29, 0.717) is 0 Å². The van der Waals surface area contributed by atoms with Gasteiger partial charge in [0.05, 0.1) is 29.2 Å². The molecule has 17 heteroatoms. The molecule has 0 saturated carbocycles. The van der Waals surface area contributed by atoms with Gasteiger partial charge in [0.2, 0.25) is 0 Å². The minimum absolute atomic E-state index is 0. The molecular formula is C25H30Cl2FeN6O8. The molecule has 3 heterocycles. The predicted octanol–water partition coefficient (Wildman–Crippen LogP) is -4.46. The van der Waals surface area contributed by atoms with Crippen LogP contribution in [0.2, 0.25) is 0 Å². The summed E-state index contributed by atoms with van der Waals surface area (Å²) in [5, 5.41) is 14.6. The largest absolute Gasteiger partial charge is 2.00 e. The van der Waals surface area contributed by atoms with E-state index in [1.165, 1.54) is 30.5 Å². The summed E-state index contributed by atoms with van der Waals surface area (Å²) in [5.74, 6) is 0. The van der Waals surface area contributed by atoms with Crippen molar-refractivity contribution in [1.82, 2.24) is 19.9 Å². The minimum atomic E-state index is -4.94. The van der Waals surface area contributed by atoms with Gasteiger partial charge in [0, 0.05) is 52.1 Å². The smallest absolute Gasteiger partial charge is 0.286 e. The number of pyridine rings is 3. The topological polar surface area (TPSA) is 274 Å². The minimum Gasteiger partial charge on any atom is -0.286 e. The van der Waals surface area contributed by atoms with Crippen LogP contribution in [-0.2, 0) is 36.7 Å². The number of aryl methyl sites for hydroxylation is 3. The third-order valence-corrected chi connectivity index (χ3v) is 4.07. The summed E-state index contributed by atoms with van der Waals surface area (Å²) in [4.78, 5) is 16.0. The first-order valence-electron chi connectivity index (χ1n) is 11.2. The van der Waals surface area contributed by atoms with Crippen molar-refractivity contribution in [2.45, 2.75) is 54.3 Å². The molecule has 0 amide bonds. The van der Waals surface area contributed by atoms with Crippen molar-refractivity contribution in [3.63, 3.8) is 0 Å². The van der Waals surface area contributed by atoms with E-state index in [1.807, 2.05) is 18.6 Å². The molecule has 0 spiro atoms. The Hall–Kier alpha value is -2.83. The van der Waals surface area contributed by atoms with Crippen molar-refractivity contribution in [3.8, 4) is 12.1 Å². The van der Waals surface area contributed by atoms with E-state index in [9.17, 15) is 0 Å². The Morgan fingerprint density at radius 3 is 0.905 bits per heavy atom. The molecule has 14 nitrogen and oxygen atoms in total. The Balaban J connectivity index is -0.000000744. The zero-order valence-electron chi connectivity index (χ0n) is 23.4. The van der Waals surface area contributed by atoms with Gasteiger partial charge in [-0.15, -0.1) is 20.5 Å². The molecule has 0 saturated heterocycles. The van der Waals surface area contributed by atoms with Crippen molar-refractivity contribution in [2.75, 3.05) is 0 Å². The van der Waals surface area contributed by atoms with Gasteiger partial charge in [-0.05, 0) is 55.7 Å². The molecule has 3 aromatic heterocycles. The standard InChI is InChI=1S/C21H24N4.2C2H3N.2ClHO4.Fe/c1-16-4-7-19(22-10-16)13-25(14-20-8-5-17(2)11-23-20)15-21-9-6-18(3)12-24-21;2*1-2-3;2*2-1(3,4)5;/h4-12H,13-15H2,1-3H3;2*1H3;2*(H,2,3,4,5);/q;;;;;+2/p-2. The Morgan fingerprint density at radius 2 is 0.762 bits per heavy atom. The van der Waals surface area contributed by atoms with E-state index in [0.717, 1.165) is 36.7 Å². The summed E-state index contributed by atoms with van der Waals surface area (Å²) in [7, 11) is -9.89. The van der Waals surface area contributed by atoms with E-state index in [4.69, 9.17) is 47.8 Å². The van der Waals surface area contributed by atoms with Crippen LogP contribution in [0.4, 0.5) is 0 Å². The third-order valence-electron chi connectivity index (χ3n) is 4.07. The van der Waals surface area contributed by atoms with Crippen LogP contribution in [0.3, 0.4) is 0 Å². The fourth-order valence-electron chi connectivity index (χ4n) is 2.63. The van der Waals surface area contributed by atoms with Crippen molar-refractivity contribution in [3.05, 3.63) is 88.8 Å². The first-order chi connectivity index (χ1) is 18.9. The van der Waals surface area contributed by atoms with Gasteiger partial charge in [-0.3, -0.25) is 19.9 Å². The van der Waals surface area contributed by atoms with E-state index in [1.54, 1.807) is 12.1 Å². The molecule has 0 aliphatic rings. The summed E-state index contributed by atoms with van der Waals surface area (Å²) in [6.07, 6.45) is 5.76. The van der Waals surface area contributed by atoms with Crippen LogP contribution in [0, 0.1) is 63.9 Å². The van der Waals surface area contributed by atoms with Crippen LogP contribution in [-0.4, -0.2) is 19.9 Å². The van der Waals surface area contributed by atoms with Gasteiger partial charge in [0.1, 0.15) is 0 Å². The second-order valence-electron chi connectivity index (χ2n) is 7.83. The van der Waals surface area contributed by atoms with E-state index < -0.39 is 20.5 Å². The van der Waals surface area contributed by atoms with Gasteiger partial charge in [0.15, 0.2) is 0 Å². The molecule has 3 rings (SSSR count). The molecule has 0 atom stereocenters. The molecule has 0 aliphatic carbocycles. The molecule has 3 aromatic rings. The predicted molar refractivity (Wildman–Crippen MR) is 122 cm³/mol. The van der Waals surface area contributed by atoms with Crippen LogP contribution in [0.15, 0.2) is 55.0 Å². The molecule has 0 bridgehead atoms. The average Bonchev–Trinajstić information content (AvgIpc) is 2.82. The van der Waals surface area contributed by atoms with Crippen molar-refractivity contribution in [2.24, 2.45) is 0 Å². The molecule has 0 unspecified atom stereocenters. The van der Waals surface area contributed by atoms with E-state index in [2.05, 4.69) is 77.0 Å². The molecular weight excluding hydrogens is 639 g/mol. The van der Waals surface area contributed by atoms with E-state index in [-0.39, 0.29) is 17.1 Å². The molecule has 0 aliphatic heterocycles. The van der Waals surface area contributed by atoms with Gasteiger partial charge < -0.3 is 0 Å². The maximum atomic E-state index is 8.49. The van der Waals surface area contributed by atoms with Gasteiger partial charge in [-0.25, -0.2) is 37.3 Å². The van der Waals surface area contributed by atoms with Crippen LogP contribution in [0.5, 0.6) is 0 Å². The monoisotopic (exact) mass is 668 g/mol. The summed E-state index contributed by atoms with van der Waals surface area (Å²) >= 11 is 0. The second-order valence-corrected chi connectivity index (χ2v) is 9.34. The molecule has 230 valence electrons. The van der Waals surface area contributed by atoms with Gasteiger partial charge >= 0.3 is 17.1 Å². The Labute approximate surface area is 259 Å². The normalized spacial score (nSPS) is 9.81. The maximum absolute atomic E-state index is 8.49. The molecule has 0 fully saturated rings. The second kappa shape index (κ2) is 23.7. The molecule has 0 aromatic carbocycles. The zero-order valence-corrected chi connectivity index (χ0v) is 26.0. The Morgan fingerprint density at radius 1 is 0.571 bits per heavy atom. The number of rotatable bonds is 6. The summed E-state index contributed by atoms with van der Waals surface area (Å²) < 4.78 is 67.9. The van der Waals surface area contributed by atoms with Gasteiger partial charge in [-0.1, -0.05) is 18.2 Å². The summed E-state index contributed by atoms with van der Waals surface area (Å²) in [6, 6.07) is 16.1. The van der Waals surface area contributed by atoms with Crippen molar-refractivity contribution >= 4 is 0 Å². The number of hydrogen-bond acceptors (Lipinski definition) is 14. The van der Waals surface area contributed by atoms with Crippen LogP contribution in [0.25, 0.3) is 0 Å². The third kappa shape index (κ3) is 31.7. The Bertz CT molecular complexity index is 1030. The van der Waals surface area contributed by atoms with Crippen LogP contribution in [0.1, 0.15) is 47.6 Å². The SMILES string of the molecule is CC#N.CC#N.Cc1ccc(CN(Cc2ccc(C)cn2)Cc2ccc(C)cn2)nc1.[Fe+2].[O-][Cl+3]([O-])([O-])[O-].[O-][Cl+3]([O-])([O-])[O-]. The fraction of sp³-hybridized carbons (Fsp3) is 0.320. The zero-order chi connectivity index (χ0) is 32.1. The van der Waals surface area contributed by atoms with Crippen LogP contribution < -0.4 is 37.3 Å². The first-order valence-corrected chi connectivity index (χ1v) is 13.7. The average molecular weight is 669 g/mol. The number of nitrogens with zero attached hydrogens (tertiary/aromatic N) is 6. The fourth-order valence-corrected chi connectivity index (χ4v) is 2.63. The molecule has 0 N–H and O–H groups in total. The van der Waals surface area contributed by atoms with Gasteiger partial charge in [-0.2, -0.15) is 10.5 Å². The number of hydrogen-bond donors (Lipinski definition) is 0. The molecule has 0 radical (unpaired) electrons. The number of halogens is 2. The summed E-state index contributed by atoms with van der Waals surface area (Å²) in [6.45, 7) is 11.3. The summed E-state index contributed by atoms with van der Waals surface area (Å²) in [5.41, 5.74) is 6.71. The number of aromatic nitrogens is 3. The van der Waals surface area contributed by atoms with Crippen LogP contribution >= 0.6 is 0 Å². The van der Waals surface area contributed by atoms with E-state index >= 15 is 0 Å². The first kappa shape index (κ1) is 43.6. The Kier molecular flexibility index (Phi) is 24.6. The number of nitriles is 2. The molecule has 42 heavy (non-hydrogen) atoms. The van der Waals surface area contributed by atoms with Crippen molar-refractivity contribution in [1.29, 1.82) is 10.5 Å². The van der Waals surface area contributed by atoms with Gasteiger partial charge in [0.25, 0.3) is 0 Å². The maximum Gasteiger partial charge on any atom is 2.00 e. The quantitative estimate of drug-likeness (QED) is 0.224. The van der Waals surface area contributed by atoms with Crippen molar-refractivity contribution < 1.29 is 74.8 Å².